The topological polar surface area (TPSA) is 78.9 Å². The SMILES string of the molecule is N/C(=N/O)C1CCCN(C(=O)c2ccc(Cl)cc2Br)C1. The van der Waals surface area contributed by atoms with E-state index in [4.69, 9.17) is 22.5 Å². The van der Waals surface area contributed by atoms with E-state index in [1.807, 2.05) is 0 Å². The van der Waals surface area contributed by atoms with Gasteiger partial charge >= 0.3 is 0 Å². The number of carbonyl (C=O) groups is 1. The van der Waals surface area contributed by atoms with Gasteiger partial charge < -0.3 is 15.8 Å². The Labute approximate surface area is 130 Å². The average Bonchev–Trinajstić information content (AvgIpc) is 2.46. The van der Waals surface area contributed by atoms with Crippen LogP contribution in [0.5, 0.6) is 0 Å². The molecule has 1 fully saturated rings. The minimum Gasteiger partial charge on any atom is -0.409 e. The Bertz CT molecular complexity index is 550. The maximum Gasteiger partial charge on any atom is 0.255 e. The fourth-order valence-corrected chi connectivity index (χ4v) is 3.17. The van der Waals surface area contributed by atoms with Gasteiger partial charge in [-0.2, -0.15) is 0 Å². The van der Waals surface area contributed by atoms with E-state index in [9.17, 15) is 4.79 Å². The van der Waals surface area contributed by atoms with Gasteiger partial charge in [0, 0.05) is 28.5 Å². The third kappa shape index (κ3) is 3.24. The Morgan fingerprint density at radius 3 is 2.95 bits per heavy atom. The molecule has 0 spiro atoms. The molecule has 1 unspecified atom stereocenters. The normalized spacial score (nSPS) is 20.0. The van der Waals surface area contributed by atoms with Crippen molar-refractivity contribution in [2.75, 3.05) is 13.1 Å². The van der Waals surface area contributed by atoms with E-state index in [1.54, 1.807) is 23.1 Å². The minimum atomic E-state index is -0.0937. The first kappa shape index (κ1) is 15.1. The number of nitrogens with two attached hydrogens (primary N) is 1. The van der Waals surface area contributed by atoms with E-state index in [0.717, 1.165) is 12.8 Å². The van der Waals surface area contributed by atoms with Gasteiger partial charge in [-0.3, -0.25) is 4.79 Å². The third-order valence-corrected chi connectivity index (χ3v) is 4.30. The van der Waals surface area contributed by atoms with Gasteiger partial charge in [0.05, 0.1) is 5.56 Å². The summed E-state index contributed by atoms with van der Waals surface area (Å²) in [4.78, 5) is 14.2. The second kappa shape index (κ2) is 6.45. The number of oxime groups is 1. The molecular weight excluding hydrogens is 346 g/mol. The fourth-order valence-electron chi connectivity index (χ4n) is 2.32. The van der Waals surface area contributed by atoms with E-state index < -0.39 is 0 Å². The van der Waals surface area contributed by atoms with Crippen LogP contribution in [0.4, 0.5) is 0 Å². The maximum absolute atomic E-state index is 12.5. The first-order valence-electron chi connectivity index (χ1n) is 6.24. The average molecular weight is 361 g/mol. The van der Waals surface area contributed by atoms with Crippen LogP contribution in [0.1, 0.15) is 23.2 Å². The molecule has 1 aliphatic heterocycles. The van der Waals surface area contributed by atoms with Gasteiger partial charge in [-0.25, -0.2) is 0 Å². The second-order valence-corrected chi connectivity index (χ2v) is 6.03. The standard InChI is InChI=1S/C13H15BrClN3O2/c14-11-6-9(15)3-4-10(11)13(19)18-5-1-2-8(7-18)12(16)17-20/h3-4,6,8,20H,1-2,5,7H2,(H2,16,17). The zero-order valence-corrected chi connectivity index (χ0v) is 13.1. The van der Waals surface area contributed by atoms with Gasteiger partial charge in [0.2, 0.25) is 0 Å². The van der Waals surface area contributed by atoms with Gasteiger partial charge in [-0.05, 0) is 47.0 Å². The van der Waals surface area contributed by atoms with E-state index in [-0.39, 0.29) is 17.7 Å². The zero-order chi connectivity index (χ0) is 14.7. The molecule has 1 atom stereocenters. The second-order valence-electron chi connectivity index (χ2n) is 4.74. The quantitative estimate of drug-likeness (QED) is 0.368. The van der Waals surface area contributed by atoms with Crippen molar-refractivity contribution < 1.29 is 10.0 Å². The van der Waals surface area contributed by atoms with Gasteiger partial charge in [0.25, 0.3) is 5.91 Å². The number of hydrogen-bond acceptors (Lipinski definition) is 3. The van der Waals surface area contributed by atoms with Gasteiger partial charge in [0.15, 0.2) is 0 Å². The molecule has 3 N–H and O–H groups in total. The first-order chi connectivity index (χ1) is 9.52. The molecule has 1 saturated heterocycles. The van der Waals surface area contributed by atoms with Crippen LogP contribution < -0.4 is 5.73 Å². The molecule has 0 bridgehead atoms. The van der Waals surface area contributed by atoms with Crippen LogP contribution in [-0.2, 0) is 0 Å². The molecule has 0 aromatic heterocycles. The number of amides is 1. The molecule has 1 heterocycles. The van der Waals surface area contributed by atoms with Crippen molar-refractivity contribution in [2.45, 2.75) is 12.8 Å². The van der Waals surface area contributed by atoms with Crippen molar-refractivity contribution in [3.8, 4) is 0 Å². The van der Waals surface area contributed by atoms with Gasteiger partial charge in [0.1, 0.15) is 5.84 Å². The van der Waals surface area contributed by atoms with E-state index in [1.165, 1.54) is 0 Å². The van der Waals surface area contributed by atoms with Crippen LogP contribution in [0.15, 0.2) is 27.8 Å². The summed E-state index contributed by atoms with van der Waals surface area (Å²) < 4.78 is 0.668. The fraction of sp³-hybridized carbons (Fsp3) is 0.385. The molecule has 1 aromatic carbocycles. The lowest BCUT2D eigenvalue weighted by Crippen LogP contribution is -2.44. The smallest absolute Gasteiger partial charge is 0.255 e. The zero-order valence-electron chi connectivity index (χ0n) is 10.7. The Hall–Kier alpha value is -1.27. The third-order valence-electron chi connectivity index (χ3n) is 3.40. The first-order valence-corrected chi connectivity index (χ1v) is 7.41. The molecule has 2 rings (SSSR count). The van der Waals surface area contributed by atoms with E-state index in [0.29, 0.717) is 28.1 Å². The molecular formula is C13H15BrClN3O2. The molecule has 0 aliphatic carbocycles. The number of halogens is 2. The monoisotopic (exact) mass is 359 g/mol. The lowest BCUT2D eigenvalue weighted by molar-refractivity contribution is 0.0700. The number of piperidine rings is 1. The van der Waals surface area contributed by atoms with Crippen LogP contribution in [0.2, 0.25) is 5.02 Å². The number of likely N-dealkylation sites (tertiary alicyclic amines) is 1. The Morgan fingerprint density at radius 2 is 2.30 bits per heavy atom. The van der Waals surface area contributed by atoms with Crippen molar-refractivity contribution in [3.63, 3.8) is 0 Å². The largest absolute Gasteiger partial charge is 0.409 e. The summed E-state index contributed by atoms with van der Waals surface area (Å²) in [5.74, 6) is 0.00503. The van der Waals surface area contributed by atoms with Crippen molar-refractivity contribution in [2.24, 2.45) is 16.8 Å². The van der Waals surface area contributed by atoms with Gasteiger partial charge in [-0.15, -0.1) is 0 Å². The predicted octanol–water partition coefficient (Wildman–Crippen LogP) is 2.70. The molecule has 5 nitrogen and oxygen atoms in total. The Kier molecular flexibility index (Phi) is 4.88. The maximum atomic E-state index is 12.5. The number of nitrogens with zero attached hydrogens (tertiary/aromatic N) is 2. The summed E-state index contributed by atoms with van der Waals surface area (Å²) in [7, 11) is 0. The van der Waals surface area contributed by atoms with Crippen molar-refractivity contribution in [1.82, 2.24) is 4.90 Å². The van der Waals surface area contributed by atoms with Crippen LogP contribution in [0, 0.1) is 5.92 Å². The van der Waals surface area contributed by atoms with E-state index in [2.05, 4.69) is 21.1 Å². The highest BCUT2D eigenvalue weighted by molar-refractivity contribution is 9.10. The molecule has 1 aliphatic rings. The molecule has 0 saturated carbocycles. The lowest BCUT2D eigenvalue weighted by atomic mass is 9.96. The van der Waals surface area contributed by atoms with Gasteiger partial charge in [-0.1, -0.05) is 16.8 Å². The Balaban J connectivity index is 2.16. The summed E-state index contributed by atoms with van der Waals surface area (Å²) in [6.45, 7) is 1.13. The number of rotatable bonds is 2. The van der Waals surface area contributed by atoms with Crippen LogP contribution >= 0.6 is 27.5 Å². The van der Waals surface area contributed by atoms with Crippen molar-refractivity contribution in [1.29, 1.82) is 0 Å². The number of benzene rings is 1. The van der Waals surface area contributed by atoms with E-state index >= 15 is 0 Å². The molecule has 1 amide bonds. The number of carbonyl (C=O) groups excluding carboxylic acids is 1. The Morgan fingerprint density at radius 1 is 1.55 bits per heavy atom. The number of hydrogen-bond donors (Lipinski definition) is 2. The molecule has 0 radical (unpaired) electrons. The lowest BCUT2D eigenvalue weighted by Gasteiger charge is -2.32. The molecule has 1 aromatic rings. The molecule has 108 valence electrons. The minimum absolute atomic E-state index is 0.0796. The highest BCUT2D eigenvalue weighted by Gasteiger charge is 2.27. The van der Waals surface area contributed by atoms with Crippen LogP contribution in [0.3, 0.4) is 0 Å². The summed E-state index contributed by atoms with van der Waals surface area (Å²) in [5, 5.41) is 12.3. The molecule has 20 heavy (non-hydrogen) atoms. The summed E-state index contributed by atoms with van der Waals surface area (Å²) in [6.07, 6.45) is 1.65. The van der Waals surface area contributed by atoms with Crippen molar-refractivity contribution in [3.05, 3.63) is 33.3 Å². The highest BCUT2D eigenvalue weighted by atomic mass is 79.9. The highest BCUT2D eigenvalue weighted by Crippen LogP contribution is 2.25. The number of amidine groups is 1. The summed E-state index contributed by atoms with van der Waals surface area (Å²) >= 11 is 9.23. The predicted molar refractivity (Wildman–Crippen MR) is 81.2 cm³/mol. The van der Waals surface area contributed by atoms with Crippen LogP contribution in [0.25, 0.3) is 0 Å². The summed E-state index contributed by atoms with van der Waals surface area (Å²) in [5.41, 5.74) is 6.20. The molecule has 7 heteroatoms. The van der Waals surface area contributed by atoms with Crippen molar-refractivity contribution >= 4 is 39.3 Å². The summed E-state index contributed by atoms with van der Waals surface area (Å²) in [6, 6.07) is 5.08. The van der Waals surface area contributed by atoms with Crippen LogP contribution in [-0.4, -0.2) is 34.9 Å².